The molecule has 1 aliphatic heterocycles. The van der Waals surface area contributed by atoms with Gasteiger partial charge in [-0.2, -0.15) is 11.8 Å². The van der Waals surface area contributed by atoms with Crippen molar-refractivity contribution in [3.63, 3.8) is 0 Å². The average molecular weight is 387 g/mol. The van der Waals surface area contributed by atoms with Crippen LogP contribution in [0.5, 0.6) is 0 Å². The molecular weight excluding hydrogens is 372 g/mol. The second-order valence-corrected chi connectivity index (χ2v) is 8.06. The molecule has 21 heavy (non-hydrogen) atoms. The van der Waals surface area contributed by atoms with Crippen molar-refractivity contribution in [2.75, 3.05) is 17.3 Å². The Hall–Kier alpha value is -0.660. The third-order valence-corrected chi connectivity index (χ3v) is 6.15. The van der Waals surface area contributed by atoms with Gasteiger partial charge < -0.3 is 9.67 Å². The number of hydrogen-bond donors (Lipinski definition) is 1. The van der Waals surface area contributed by atoms with Gasteiger partial charge in [0, 0.05) is 11.0 Å². The van der Waals surface area contributed by atoms with E-state index in [9.17, 15) is 4.79 Å². The Morgan fingerprint density at radius 3 is 3.14 bits per heavy atom. The van der Waals surface area contributed by atoms with Crippen LogP contribution in [0.25, 0.3) is 11.0 Å². The second-order valence-electron chi connectivity index (χ2n) is 5.05. The maximum absolute atomic E-state index is 10.8. The minimum atomic E-state index is -0.809. The van der Waals surface area contributed by atoms with Crippen LogP contribution >= 0.6 is 39.5 Å². The second kappa shape index (κ2) is 6.62. The van der Waals surface area contributed by atoms with E-state index >= 15 is 0 Å². The molecule has 2 aromatic rings. The highest BCUT2D eigenvalue weighted by molar-refractivity contribution is 9.10. The van der Waals surface area contributed by atoms with Gasteiger partial charge in [-0.1, -0.05) is 27.7 Å². The fourth-order valence-electron chi connectivity index (χ4n) is 2.48. The van der Waals surface area contributed by atoms with Gasteiger partial charge >= 0.3 is 5.97 Å². The highest BCUT2D eigenvalue weighted by atomic mass is 79.9. The minimum absolute atomic E-state index is 0.0455. The number of nitrogens with zero attached hydrogens (tertiary/aromatic N) is 2. The predicted octanol–water partition coefficient (Wildman–Crippen LogP) is 3.73. The van der Waals surface area contributed by atoms with Crippen LogP contribution in [-0.2, 0) is 11.3 Å². The molecule has 1 fully saturated rings. The smallest absolute Gasteiger partial charge is 0.313 e. The summed E-state index contributed by atoms with van der Waals surface area (Å²) in [5, 5.41) is 9.71. The van der Waals surface area contributed by atoms with E-state index < -0.39 is 5.97 Å². The molecule has 1 atom stereocenters. The van der Waals surface area contributed by atoms with E-state index in [0.29, 0.717) is 5.92 Å². The lowest BCUT2D eigenvalue weighted by atomic mass is 10.1. The number of carboxylic acid groups (broad SMARTS) is 1. The fraction of sp³-hybridized carbons (Fsp3) is 0.429. The predicted molar refractivity (Wildman–Crippen MR) is 91.2 cm³/mol. The molecule has 1 aromatic heterocycles. The van der Waals surface area contributed by atoms with Crippen molar-refractivity contribution in [2.24, 2.45) is 5.92 Å². The minimum Gasteiger partial charge on any atom is -0.481 e. The summed E-state index contributed by atoms with van der Waals surface area (Å²) in [7, 11) is 0. The van der Waals surface area contributed by atoms with E-state index in [1.54, 1.807) is 0 Å². The quantitative estimate of drug-likeness (QED) is 0.793. The Kier molecular flexibility index (Phi) is 4.81. The van der Waals surface area contributed by atoms with Gasteiger partial charge in [-0.05, 0) is 42.0 Å². The van der Waals surface area contributed by atoms with Gasteiger partial charge in [-0.3, -0.25) is 4.79 Å². The summed E-state index contributed by atoms with van der Waals surface area (Å²) in [5.41, 5.74) is 2.01. The summed E-state index contributed by atoms with van der Waals surface area (Å²) in [5.74, 6) is 2.29. The molecule has 112 valence electrons. The molecule has 1 saturated heterocycles. The van der Waals surface area contributed by atoms with Crippen molar-refractivity contribution in [2.45, 2.75) is 18.1 Å². The van der Waals surface area contributed by atoms with Crippen LogP contribution in [0.4, 0.5) is 0 Å². The zero-order chi connectivity index (χ0) is 14.8. The number of halogens is 1. The molecule has 0 spiro atoms. The zero-order valence-electron chi connectivity index (χ0n) is 11.3. The Bertz CT molecular complexity index is 668. The molecule has 7 heteroatoms. The first kappa shape index (κ1) is 15.2. The van der Waals surface area contributed by atoms with Crippen LogP contribution < -0.4 is 0 Å². The normalized spacial score (nSPS) is 18.4. The number of carboxylic acids is 1. The first-order valence-electron chi connectivity index (χ1n) is 6.71. The molecule has 4 nitrogen and oxygen atoms in total. The van der Waals surface area contributed by atoms with Crippen LogP contribution in [0.15, 0.2) is 27.8 Å². The van der Waals surface area contributed by atoms with Gasteiger partial charge in [0.15, 0.2) is 5.16 Å². The Labute approximate surface area is 139 Å². The topological polar surface area (TPSA) is 55.1 Å². The van der Waals surface area contributed by atoms with Gasteiger partial charge in [-0.25, -0.2) is 4.98 Å². The number of hydrogen-bond acceptors (Lipinski definition) is 4. The van der Waals surface area contributed by atoms with Gasteiger partial charge in [0.2, 0.25) is 0 Å². The van der Waals surface area contributed by atoms with Gasteiger partial charge in [0.1, 0.15) is 0 Å². The van der Waals surface area contributed by atoms with E-state index in [4.69, 9.17) is 5.11 Å². The van der Waals surface area contributed by atoms with E-state index in [-0.39, 0.29) is 5.75 Å². The van der Waals surface area contributed by atoms with Crippen molar-refractivity contribution in [3.05, 3.63) is 22.7 Å². The Balaban J connectivity index is 1.95. The summed E-state index contributed by atoms with van der Waals surface area (Å²) in [4.78, 5) is 15.4. The van der Waals surface area contributed by atoms with E-state index in [2.05, 4.69) is 31.5 Å². The molecule has 1 aromatic carbocycles. The molecule has 2 heterocycles. The van der Waals surface area contributed by atoms with E-state index in [1.807, 2.05) is 23.9 Å². The maximum Gasteiger partial charge on any atom is 0.313 e. The first-order valence-corrected chi connectivity index (χ1v) is 9.65. The largest absolute Gasteiger partial charge is 0.481 e. The first-order chi connectivity index (χ1) is 10.1. The molecule has 0 bridgehead atoms. The van der Waals surface area contributed by atoms with Crippen LogP contribution in [-0.4, -0.2) is 37.9 Å². The average Bonchev–Trinajstić information content (AvgIpc) is 3.05. The fourth-order valence-corrected chi connectivity index (χ4v) is 4.84. The third kappa shape index (κ3) is 3.57. The lowest BCUT2D eigenvalue weighted by Gasteiger charge is -2.13. The number of fused-ring (bicyclic) bond motifs is 1. The number of carbonyl (C=O) groups is 1. The standard InChI is InChI=1S/C14H15BrN2O2S2/c15-10-1-2-12-11(5-10)16-14(21-8-13(18)19)17(12)6-9-3-4-20-7-9/h1-2,5,9H,3-4,6-8H2,(H,18,19). The number of imidazole rings is 1. The van der Waals surface area contributed by atoms with E-state index in [1.165, 1.54) is 29.7 Å². The highest BCUT2D eigenvalue weighted by Crippen LogP contribution is 2.31. The van der Waals surface area contributed by atoms with Crippen molar-refractivity contribution in [1.82, 2.24) is 9.55 Å². The van der Waals surface area contributed by atoms with Gasteiger partial charge in [0.05, 0.1) is 16.8 Å². The summed E-state index contributed by atoms with van der Waals surface area (Å²) in [6, 6.07) is 6.05. The lowest BCUT2D eigenvalue weighted by Crippen LogP contribution is -2.11. The molecule has 1 aliphatic rings. The summed E-state index contributed by atoms with van der Waals surface area (Å²) < 4.78 is 3.18. The SMILES string of the molecule is O=C(O)CSc1nc2cc(Br)ccc2n1CC1CCSC1. The third-order valence-electron chi connectivity index (χ3n) is 3.46. The summed E-state index contributed by atoms with van der Waals surface area (Å²) in [6.45, 7) is 0.924. The molecule has 0 aliphatic carbocycles. The van der Waals surface area contributed by atoms with Crippen molar-refractivity contribution < 1.29 is 9.90 Å². The number of benzene rings is 1. The van der Waals surface area contributed by atoms with Crippen LogP contribution in [0.3, 0.4) is 0 Å². The molecule has 3 rings (SSSR count). The lowest BCUT2D eigenvalue weighted by molar-refractivity contribution is -0.133. The number of aliphatic carboxylic acids is 1. The van der Waals surface area contributed by atoms with Crippen molar-refractivity contribution >= 4 is 56.5 Å². The number of rotatable bonds is 5. The maximum atomic E-state index is 10.8. The van der Waals surface area contributed by atoms with Crippen LogP contribution in [0.1, 0.15) is 6.42 Å². The number of aromatic nitrogens is 2. The van der Waals surface area contributed by atoms with E-state index in [0.717, 1.165) is 27.2 Å². The van der Waals surface area contributed by atoms with Crippen LogP contribution in [0.2, 0.25) is 0 Å². The molecule has 0 saturated carbocycles. The van der Waals surface area contributed by atoms with Crippen molar-refractivity contribution in [3.8, 4) is 0 Å². The monoisotopic (exact) mass is 386 g/mol. The van der Waals surface area contributed by atoms with Crippen molar-refractivity contribution in [1.29, 1.82) is 0 Å². The molecule has 1 N–H and O–H groups in total. The zero-order valence-corrected chi connectivity index (χ0v) is 14.5. The highest BCUT2D eigenvalue weighted by Gasteiger charge is 2.20. The number of thioether (sulfide) groups is 2. The summed E-state index contributed by atoms with van der Waals surface area (Å²) in [6.07, 6.45) is 1.23. The Morgan fingerprint density at radius 1 is 1.57 bits per heavy atom. The molecule has 0 radical (unpaired) electrons. The molecular formula is C14H15BrN2O2S2. The molecule has 0 amide bonds. The van der Waals surface area contributed by atoms with Gasteiger partial charge in [-0.15, -0.1) is 0 Å². The summed E-state index contributed by atoms with van der Waals surface area (Å²) >= 11 is 6.76. The van der Waals surface area contributed by atoms with Gasteiger partial charge in [0.25, 0.3) is 0 Å². The van der Waals surface area contributed by atoms with Crippen LogP contribution in [0, 0.1) is 5.92 Å². The molecule has 1 unspecified atom stereocenters. The Morgan fingerprint density at radius 2 is 2.43 bits per heavy atom.